The Kier molecular flexibility index (Phi) is 12.1. The molecule has 0 spiro atoms. The van der Waals surface area contributed by atoms with Crippen molar-refractivity contribution >= 4 is 41.3 Å². The van der Waals surface area contributed by atoms with Crippen molar-refractivity contribution in [3.05, 3.63) is 22.4 Å². The number of aliphatic imine (C=N–C) groups is 1. The summed E-state index contributed by atoms with van der Waals surface area (Å²) >= 11 is 1.74. The first-order valence-corrected chi connectivity index (χ1v) is 7.22. The van der Waals surface area contributed by atoms with Crippen molar-refractivity contribution < 1.29 is 9.47 Å². The predicted octanol–water partition coefficient (Wildman–Crippen LogP) is 2.26. The van der Waals surface area contributed by atoms with Gasteiger partial charge in [-0.1, -0.05) is 6.07 Å². The number of hydrogen-bond acceptors (Lipinski definition) is 4. The molecule has 1 atom stereocenters. The minimum absolute atomic E-state index is 0. The minimum atomic E-state index is 0. The molecule has 0 saturated carbocycles. The molecule has 0 bridgehead atoms. The lowest BCUT2D eigenvalue weighted by Crippen LogP contribution is -2.40. The Morgan fingerprint density at radius 2 is 2.10 bits per heavy atom. The van der Waals surface area contributed by atoms with E-state index < -0.39 is 0 Å². The second kappa shape index (κ2) is 12.4. The standard InChI is InChI=1S/C13H23N3O2S.HI/c1-11(12-5-4-10-19-12)16-13(14-6-8-17-2)15-7-9-18-3;/h4-5,10-11H,6-9H2,1-3H3,(H2,14,15,16);1H. The summed E-state index contributed by atoms with van der Waals surface area (Å²) in [6, 6.07) is 4.40. The lowest BCUT2D eigenvalue weighted by molar-refractivity contribution is 0.203. The Bertz CT molecular complexity index is 361. The van der Waals surface area contributed by atoms with E-state index in [1.807, 2.05) is 0 Å². The zero-order valence-electron chi connectivity index (χ0n) is 12.2. The van der Waals surface area contributed by atoms with Crippen molar-refractivity contribution in [2.24, 2.45) is 4.99 Å². The molecule has 0 aliphatic rings. The molecular weight excluding hydrogens is 389 g/mol. The van der Waals surface area contributed by atoms with Crippen LogP contribution in [0.25, 0.3) is 0 Å². The van der Waals surface area contributed by atoms with E-state index in [1.165, 1.54) is 4.88 Å². The third-order valence-corrected chi connectivity index (χ3v) is 3.54. The third kappa shape index (κ3) is 8.03. The molecule has 0 saturated heterocycles. The maximum Gasteiger partial charge on any atom is 0.191 e. The topological polar surface area (TPSA) is 54.9 Å². The van der Waals surface area contributed by atoms with E-state index in [-0.39, 0.29) is 30.0 Å². The summed E-state index contributed by atoms with van der Waals surface area (Å²) in [6.45, 7) is 4.75. The molecule has 1 heterocycles. The number of thiophene rings is 1. The van der Waals surface area contributed by atoms with Crippen molar-refractivity contribution in [2.75, 3.05) is 40.5 Å². The van der Waals surface area contributed by atoms with E-state index in [2.05, 4.69) is 40.1 Å². The summed E-state index contributed by atoms with van der Waals surface area (Å²) in [4.78, 5) is 5.74. The zero-order chi connectivity index (χ0) is 13.9. The smallest absolute Gasteiger partial charge is 0.191 e. The molecule has 1 aromatic heterocycles. The Balaban J connectivity index is 0.00000361. The number of methoxy groups -OCH3 is 2. The maximum atomic E-state index is 5.03. The van der Waals surface area contributed by atoms with Crippen LogP contribution in [0.5, 0.6) is 0 Å². The number of guanidine groups is 1. The molecule has 0 aliphatic carbocycles. The number of rotatable bonds is 8. The Morgan fingerprint density at radius 3 is 2.70 bits per heavy atom. The van der Waals surface area contributed by atoms with Gasteiger partial charge in [-0.05, 0) is 18.4 Å². The van der Waals surface area contributed by atoms with Crippen LogP contribution in [0.2, 0.25) is 0 Å². The Morgan fingerprint density at radius 1 is 1.35 bits per heavy atom. The van der Waals surface area contributed by atoms with Crippen molar-refractivity contribution in [3.8, 4) is 0 Å². The van der Waals surface area contributed by atoms with Crippen LogP contribution in [0.1, 0.15) is 17.8 Å². The third-order valence-electron chi connectivity index (χ3n) is 2.49. The molecule has 0 aliphatic heterocycles. The molecule has 0 amide bonds. The van der Waals surface area contributed by atoms with Crippen LogP contribution in [0.4, 0.5) is 0 Å². The van der Waals surface area contributed by atoms with E-state index in [1.54, 1.807) is 25.6 Å². The number of hydrogen-bond donors (Lipinski definition) is 2. The monoisotopic (exact) mass is 413 g/mol. The van der Waals surface area contributed by atoms with Crippen molar-refractivity contribution in [1.82, 2.24) is 10.6 Å². The van der Waals surface area contributed by atoms with Gasteiger partial charge in [-0.25, -0.2) is 0 Å². The maximum absolute atomic E-state index is 5.03. The molecule has 2 N–H and O–H groups in total. The van der Waals surface area contributed by atoms with Gasteiger partial charge in [-0.3, -0.25) is 4.99 Å². The second-order valence-corrected chi connectivity index (χ2v) is 5.00. The fourth-order valence-electron chi connectivity index (χ4n) is 1.49. The quantitative estimate of drug-likeness (QED) is 0.297. The van der Waals surface area contributed by atoms with Gasteiger partial charge in [0.15, 0.2) is 5.96 Å². The largest absolute Gasteiger partial charge is 0.383 e. The Hall–Kier alpha value is -0.380. The van der Waals surface area contributed by atoms with Crippen LogP contribution in [0.3, 0.4) is 0 Å². The van der Waals surface area contributed by atoms with Gasteiger partial charge in [0, 0.05) is 25.6 Å². The van der Waals surface area contributed by atoms with Gasteiger partial charge in [0.2, 0.25) is 0 Å². The van der Waals surface area contributed by atoms with Gasteiger partial charge in [-0.2, -0.15) is 0 Å². The highest BCUT2D eigenvalue weighted by Crippen LogP contribution is 2.17. The highest BCUT2D eigenvalue weighted by molar-refractivity contribution is 14.0. The minimum Gasteiger partial charge on any atom is -0.383 e. The molecule has 1 unspecified atom stereocenters. The van der Waals surface area contributed by atoms with Gasteiger partial charge in [0.05, 0.1) is 25.8 Å². The first-order chi connectivity index (χ1) is 9.27. The summed E-state index contributed by atoms with van der Waals surface area (Å²) in [7, 11) is 3.36. The second-order valence-electron chi connectivity index (χ2n) is 4.02. The number of nitrogens with one attached hydrogen (secondary N) is 2. The van der Waals surface area contributed by atoms with E-state index in [0.717, 1.165) is 12.5 Å². The van der Waals surface area contributed by atoms with E-state index >= 15 is 0 Å². The molecule has 116 valence electrons. The van der Waals surface area contributed by atoms with E-state index in [4.69, 9.17) is 9.47 Å². The molecular formula is C13H24IN3O2S. The van der Waals surface area contributed by atoms with Gasteiger partial charge in [0.25, 0.3) is 0 Å². The number of ether oxygens (including phenoxy) is 2. The van der Waals surface area contributed by atoms with Crippen molar-refractivity contribution in [1.29, 1.82) is 0 Å². The highest BCUT2D eigenvalue weighted by Gasteiger charge is 2.08. The van der Waals surface area contributed by atoms with Crippen LogP contribution in [-0.4, -0.2) is 46.5 Å². The fourth-order valence-corrected chi connectivity index (χ4v) is 2.22. The molecule has 20 heavy (non-hydrogen) atoms. The van der Waals surface area contributed by atoms with Gasteiger partial charge < -0.3 is 20.1 Å². The van der Waals surface area contributed by atoms with E-state index in [9.17, 15) is 0 Å². The molecule has 0 radical (unpaired) electrons. The van der Waals surface area contributed by atoms with Gasteiger partial charge in [-0.15, -0.1) is 35.3 Å². The molecule has 1 rings (SSSR count). The van der Waals surface area contributed by atoms with Crippen molar-refractivity contribution in [3.63, 3.8) is 0 Å². The normalized spacial score (nSPS) is 12.7. The number of nitrogens with zero attached hydrogens (tertiary/aromatic N) is 1. The summed E-state index contributed by atoms with van der Waals surface area (Å²) in [5, 5.41) is 8.69. The van der Waals surface area contributed by atoms with E-state index in [0.29, 0.717) is 19.8 Å². The van der Waals surface area contributed by atoms with Crippen LogP contribution in [0.15, 0.2) is 22.5 Å². The summed E-state index contributed by atoms with van der Waals surface area (Å²) in [5.41, 5.74) is 0. The average Bonchev–Trinajstić information content (AvgIpc) is 2.93. The predicted molar refractivity (Wildman–Crippen MR) is 95.3 cm³/mol. The molecule has 0 fully saturated rings. The summed E-state index contributed by atoms with van der Waals surface area (Å²) in [6.07, 6.45) is 0. The Labute approximate surface area is 142 Å². The highest BCUT2D eigenvalue weighted by atomic mass is 127. The molecule has 5 nitrogen and oxygen atoms in total. The number of halogens is 1. The zero-order valence-corrected chi connectivity index (χ0v) is 15.4. The fraction of sp³-hybridized carbons (Fsp3) is 0.615. The van der Waals surface area contributed by atoms with Gasteiger partial charge in [0.1, 0.15) is 0 Å². The van der Waals surface area contributed by atoms with Crippen molar-refractivity contribution in [2.45, 2.75) is 13.0 Å². The first-order valence-electron chi connectivity index (χ1n) is 6.34. The summed E-state index contributed by atoms with van der Waals surface area (Å²) in [5.74, 6) is 0.787. The molecule has 7 heteroatoms. The van der Waals surface area contributed by atoms with Crippen LogP contribution in [-0.2, 0) is 9.47 Å². The van der Waals surface area contributed by atoms with Crippen LogP contribution < -0.4 is 10.6 Å². The molecule has 1 aromatic rings. The SMILES string of the molecule is COCCN=C(NCCOC)NC(C)c1cccs1.I. The van der Waals surface area contributed by atoms with Crippen LogP contribution in [0, 0.1) is 0 Å². The lowest BCUT2D eigenvalue weighted by atomic mass is 10.3. The summed E-state index contributed by atoms with van der Waals surface area (Å²) < 4.78 is 10.0. The molecule has 0 aromatic carbocycles. The van der Waals surface area contributed by atoms with Gasteiger partial charge >= 0.3 is 0 Å². The van der Waals surface area contributed by atoms with Crippen LogP contribution >= 0.6 is 35.3 Å². The average molecular weight is 413 g/mol. The lowest BCUT2D eigenvalue weighted by Gasteiger charge is -2.17. The first kappa shape index (κ1) is 19.6.